The Bertz CT molecular complexity index is 989. The standard InChI is InChI=1S/C22H23N3O5/c1-27-17-9-10-20(28-2)18(12-17)19-4-3-11-25(19)21(26)13-29-16-7-5-15(6-8-16)22-24-23-14-30-22/h5-10,12,14,19H,3-4,11,13H2,1-2H3/t19-/m0/s1. The second kappa shape index (κ2) is 8.86. The van der Waals surface area contributed by atoms with E-state index in [4.69, 9.17) is 18.6 Å². The van der Waals surface area contributed by atoms with Crippen LogP contribution >= 0.6 is 0 Å². The van der Waals surface area contributed by atoms with Crippen molar-refractivity contribution in [3.63, 3.8) is 0 Å². The third-order valence-corrected chi connectivity index (χ3v) is 5.19. The first-order valence-corrected chi connectivity index (χ1v) is 9.70. The molecule has 4 rings (SSSR count). The van der Waals surface area contributed by atoms with Crippen LogP contribution < -0.4 is 14.2 Å². The van der Waals surface area contributed by atoms with Crippen molar-refractivity contribution >= 4 is 5.91 Å². The van der Waals surface area contributed by atoms with Gasteiger partial charge in [-0.15, -0.1) is 10.2 Å². The molecule has 0 radical (unpaired) electrons. The Morgan fingerprint density at radius 2 is 1.93 bits per heavy atom. The number of carbonyl (C=O) groups excluding carboxylic acids is 1. The molecular formula is C22H23N3O5. The summed E-state index contributed by atoms with van der Waals surface area (Å²) in [5, 5.41) is 7.53. The predicted octanol–water partition coefficient (Wildman–Crippen LogP) is 3.50. The quantitative estimate of drug-likeness (QED) is 0.590. The maximum absolute atomic E-state index is 12.9. The van der Waals surface area contributed by atoms with Gasteiger partial charge in [-0.05, 0) is 55.3 Å². The van der Waals surface area contributed by atoms with E-state index in [-0.39, 0.29) is 18.6 Å². The molecule has 2 heterocycles. The number of hydrogen-bond acceptors (Lipinski definition) is 7. The number of rotatable bonds is 7. The van der Waals surface area contributed by atoms with Gasteiger partial charge >= 0.3 is 0 Å². The van der Waals surface area contributed by atoms with Gasteiger partial charge in [0.1, 0.15) is 17.2 Å². The summed E-state index contributed by atoms with van der Waals surface area (Å²) < 4.78 is 21.8. The minimum atomic E-state index is -0.0663. The van der Waals surface area contributed by atoms with Crippen LogP contribution in [0.25, 0.3) is 11.5 Å². The van der Waals surface area contributed by atoms with E-state index in [9.17, 15) is 4.79 Å². The molecule has 8 nitrogen and oxygen atoms in total. The summed E-state index contributed by atoms with van der Waals surface area (Å²) in [6, 6.07) is 12.8. The summed E-state index contributed by atoms with van der Waals surface area (Å²) in [6.45, 7) is 0.645. The second-order valence-corrected chi connectivity index (χ2v) is 6.91. The third kappa shape index (κ3) is 4.07. The van der Waals surface area contributed by atoms with Crippen molar-refractivity contribution in [3.8, 4) is 28.7 Å². The summed E-state index contributed by atoms with van der Waals surface area (Å²) in [7, 11) is 3.26. The monoisotopic (exact) mass is 409 g/mol. The maximum atomic E-state index is 12.9. The average molecular weight is 409 g/mol. The Balaban J connectivity index is 1.43. The van der Waals surface area contributed by atoms with Crippen LogP contribution in [0.5, 0.6) is 17.2 Å². The molecule has 1 aliphatic heterocycles. The zero-order valence-electron chi connectivity index (χ0n) is 16.9. The van der Waals surface area contributed by atoms with Crippen molar-refractivity contribution in [1.82, 2.24) is 15.1 Å². The Kier molecular flexibility index (Phi) is 5.83. The third-order valence-electron chi connectivity index (χ3n) is 5.19. The minimum absolute atomic E-state index is 0.0390. The molecule has 1 saturated heterocycles. The summed E-state index contributed by atoms with van der Waals surface area (Å²) in [6.07, 6.45) is 3.08. The van der Waals surface area contributed by atoms with Gasteiger partial charge < -0.3 is 23.5 Å². The number of benzene rings is 2. The van der Waals surface area contributed by atoms with E-state index in [1.54, 1.807) is 26.4 Å². The van der Waals surface area contributed by atoms with Crippen LogP contribution in [0.3, 0.4) is 0 Å². The Hall–Kier alpha value is -3.55. The van der Waals surface area contributed by atoms with Crippen molar-refractivity contribution in [3.05, 3.63) is 54.4 Å². The van der Waals surface area contributed by atoms with Crippen LogP contribution in [-0.4, -0.2) is 48.4 Å². The molecule has 0 spiro atoms. The molecule has 0 aliphatic carbocycles. The first-order chi connectivity index (χ1) is 14.7. The van der Waals surface area contributed by atoms with Crippen LogP contribution in [0.4, 0.5) is 0 Å². The molecule has 0 unspecified atom stereocenters. The summed E-state index contributed by atoms with van der Waals surface area (Å²) in [5.74, 6) is 2.45. The zero-order chi connectivity index (χ0) is 20.9. The SMILES string of the molecule is COc1ccc(OC)c([C@@H]2CCCN2C(=O)COc2ccc(-c3nnco3)cc2)c1. The number of carbonyl (C=O) groups is 1. The molecule has 1 amide bonds. The molecular weight excluding hydrogens is 386 g/mol. The zero-order valence-corrected chi connectivity index (χ0v) is 16.9. The average Bonchev–Trinajstić information content (AvgIpc) is 3.50. The molecule has 8 heteroatoms. The van der Waals surface area contributed by atoms with Crippen LogP contribution in [0.1, 0.15) is 24.4 Å². The van der Waals surface area contributed by atoms with E-state index in [1.807, 2.05) is 35.2 Å². The number of likely N-dealkylation sites (tertiary alicyclic amines) is 1. The van der Waals surface area contributed by atoms with Gasteiger partial charge in [-0.1, -0.05) is 0 Å². The molecule has 1 fully saturated rings. The highest BCUT2D eigenvalue weighted by Crippen LogP contribution is 2.39. The number of nitrogens with zero attached hydrogens (tertiary/aromatic N) is 3. The lowest BCUT2D eigenvalue weighted by Crippen LogP contribution is -2.34. The Labute approximate surface area is 174 Å². The van der Waals surface area contributed by atoms with Crippen LogP contribution in [0, 0.1) is 0 Å². The smallest absolute Gasteiger partial charge is 0.261 e. The fourth-order valence-corrected chi connectivity index (χ4v) is 3.71. The molecule has 156 valence electrons. The van der Waals surface area contributed by atoms with Gasteiger partial charge in [0.15, 0.2) is 6.61 Å². The minimum Gasteiger partial charge on any atom is -0.497 e. The highest BCUT2D eigenvalue weighted by atomic mass is 16.5. The van der Waals surface area contributed by atoms with Gasteiger partial charge in [-0.25, -0.2) is 0 Å². The Morgan fingerprint density at radius 1 is 1.13 bits per heavy atom. The van der Waals surface area contributed by atoms with Gasteiger partial charge in [-0.2, -0.15) is 0 Å². The normalized spacial score (nSPS) is 15.8. The molecule has 30 heavy (non-hydrogen) atoms. The van der Waals surface area contributed by atoms with Crippen LogP contribution in [0.15, 0.2) is 53.3 Å². The van der Waals surface area contributed by atoms with Crippen LogP contribution in [-0.2, 0) is 4.79 Å². The summed E-state index contributed by atoms with van der Waals surface area (Å²) in [5.41, 5.74) is 1.74. The van der Waals surface area contributed by atoms with Crippen molar-refractivity contribution in [1.29, 1.82) is 0 Å². The van der Waals surface area contributed by atoms with Crippen LogP contribution in [0.2, 0.25) is 0 Å². The van der Waals surface area contributed by atoms with E-state index in [2.05, 4.69) is 10.2 Å². The number of aromatic nitrogens is 2. The first-order valence-electron chi connectivity index (χ1n) is 9.70. The number of methoxy groups -OCH3 is 2. The molecule has 0 bridgehead atoms. The molecule has 0 N–H and O–H groups in total. The van der Waals surface area contributed by atoms with Crippen molar-refractivity contribution in [2.45, 2.75) is 18.9 Å². The van der Waals surface area contributed by atoms with Crippen molar-refractivity contribution in [2.24, 2.45) is 0 Å². The lowest BCUT2D eigenvalue weighted by molar-refractivity contribution is -0.134. The molecule has 1 aromatic heterocycles. The highest BCUT2D eigenvalue weighted by Gasteiger charge is 2.32. The molecule has 2 aromatic carbocycles. The largest absolute Gasteiger partial charge is 0.497 e. The van der Waals surface area contributed by atoms with E-state index >= 15 is 0 Å². The molecule has 1 atom stereocenters. The first kappa shape index (κ1) is 19.8. The second-order valence-electron chi connectivity index (χ2n) is 6.91. The van der Waals surface area contributed by atoms with E-state index < -0.39 is 0 Å². The van der Waals surface area contributed by atoms with Gasteiger partial charge in [0.25, 0.3) is 5.91 Å². The molecule has 3 aromatic rings. The van der Waals surface area contributed by atoms with Gasteiger partial charge in [0.2, 0.25) is 12.3 Å². The predicted molar refractivity (Wildman–Crippen MR) is 108 cm³/mol. The number of ether oxygens (including phenoxy) is 3. The van der Waals surface area contributed by atoms with Crippen molar-refractivity contribution in [2.75, 3.05) is 27.4 Å². The summed E-state index contributed by atoms with van der Waals surface area (Å²) >= 11 is 0. The van der Waals surface area contributed by atoms with Gasteiger partial charge in [0.05, 0.1) is 20.3 Å². The summed E-state index contributed by atoms with van der Waals surface area (Å²) in [4.78, 5) is 14.8. The van der Waals surface area contributed by atoms with E-state index in [0.29, 0.717) is 18.2 Å². The fourth-order valence-electron chi connectivity index (χ4n) is 3.71. The van der Waals surface area contributed by atoms with Gasteiger partial charge in [0, 0.05) is 17.7 Å². The topological polar surface area (TPSA) is 86.9 Å². The fraction of sp³-hybridized carbons (Fsp3) is 0.318. The molecule has 1 aliphatic rings. The number of hydrogen-bond donors (Lipinski definition) is 0. The van der Waals surface area contributed by atoms with Gasteiger partial charge in [-0.3, -0.25) is 4.79 Å². The van der Waals surface area contributed by atoms with Crippen molar-refractivity contribution < 1.29 is 23.4 Å². The highest BCUT2D eigenvalue weighted by molar-refractivity contribution is 5.79. The van der Waals surface area contributed by atoms with E-state index in [1.165, 1.54) is 6.39 Å². The lowest BCUT2D eigenvalue weighted by atomic mass is 10.0. The van der Waals surface area contributed by atoms with E-state index in [0.717, 1.165) is 35.5 Å². The Morgan fingerprint density at radius 3 is 2.63 bits per heavy atom. The maximum Gasteiger partial charge on any atom is 0.261 e. The number of amides is 1. The molecule has 0 saturated carbocycles. The lowest BCUT2D eigenvalue weighted by Gasteiger charge is -2.26.